The second-order valence-electron chi connectivity index (χ2n) is 4.68. The van der Waals surface area contributed by atoms with Crippen LogP contribution in [-0.4, -0.2) is 6.04 Å². The van der Waals surface area contributed by atoms with Crippen molar-refractivity contribution in [3.05, 3.63) is 56.2 Å². The Morgan fingerprint density at radius 3 is 2.89 bits per heavy atom. The Kier molecular flexibility index (Phi) is 3.52. The highest BCUT2D eigenvalue weighted by Gasteiger charge is 2.32. The minimum Gasteiger partial charge on any atom is -0.271 e. The van der Waals surface area contributed by atoms with E-state index in [1.807, 2.05) is 0 Å². The van der Waals surface area contributed by atoms with Crippen LogP contribution in [-0.2, 0) is 12.8 Å². The van der Waals surface area contributed by atoms with Gasteiger partial charge in [0.25, 0.3) is 0 Å². The van der Waals surface area contributed by atoms with Crippen molar-refractivity contribution in [3.8, 4) is 0 Å². The highest BCUT2D eigenvalue weighted by atomic mass is 79.9. The summed E-state index contributed by atoms with van der Waals surface area (Å²) in [4.78, 5) is 1.36. The molecule has 0 saturated heterocycles. The van der Waals surface area contributed by atoms with E-state index in [9.17, 15) is 0 Å². The Hall–Kier alpha value is -0.680. The average Bonchev–Trinajstić information content (AvgIpc) is 2.75. The SMILES string of the molecule is NNC(Cc1sccc1Br)C1Cc2ccccc21. The van der Waals surface area contributed by atoms with E-state index in [-0.39, 0.29) is 0 Å². The number of fused-ring (bicyclic) bond motifs is 1. The van der Waals surface area contributed by atoms with Crippen LogP contribution >= 0.6 is 27.3 Å². The van der Waals surface area contributed by atoms with Crippen LogP contribution < -0.4 is 11.3 Å². The molecule has 1 aromatic heterocycles. The van der Waals surface area contributed by atoms with Gasteiger partial charge in [0.2, 0.25) is 0 Å². The molecular formula is C14H15BrN2S. The molecule has 2 unspecified atom stereocenters. The van der Waals surface area contributed by atoms with Crippen molar-refractivity contribution in [2.24, 2.45) is 5.84 Å². The maximum absolute atomic E-state index is 5.75. The lowest BCUT2D eigenvalue weighted by Gasteiger charge is -2.36. The lowest BCUT2D eigenvalue weighted by molar-refractivity contribution is 0.405. The Labute approximate surface area is 119 Å². The predicted molar refractivity (Wildman–Crippen MR) is 79.7 cm³/mol. The van der Waals surface area contributed by atoms with Gasteiger partial charge in [0.1, 0.15) is 0 Å². The maximum Gasteiger partial charge on any atom is 0.0331 e. The third kappa shape index (κ3) is 2.14. The number of benzene rings is 1. The fourth-order valence-corrected chi connectivity index (χ4v) is 4.22. The summed E-state index contributed by atoms with van der Waals surface area (Å²) in [7, 11) is 0. The van der Waals surface area contributed by atoms with E-state index in [1.165, 1.54) is 20.5 Å². The molecule has 3 rings (SSSR count). The summed E-state index contributed by atoms with van der Waals surface area (Å²) < 4.78 is 1.19. The molecule has 2 nitrogen and oxygen atoms in total. The van der Waals surface area contributed by atoms with E-state index in [0.29, 0.717) is 12.0 Å². The number of halogens is 1. The third-order valence-electron chi connectivity index (χ3n) is 3.69. The van der Waals surface area contributed by atoms with Crippen molar-refractivity contribution in [3.63, 3.8) is 0 Å². The zero-order chi connectivity index (χ0) is 12.5. The van der Waals surface area contributed by atoms with Crippen molar-refractivity contribution < 1.29 is 0 Å². The van der Waals surface area contributed by atoms with E-state index in [2.05, 4.69) is 57.1 Å². The van der Waals surface area contributed by atoms with Crippen molar-refractivity contribution in [1.82, 2.24) is 5.43 Å². The number of thiophene rings is 1. The predicted octanol–water partition coefficient (Wildman–Crippen LogP) is 3.22. The highest BCUT2D eigenvalue weighted by Crippen LogP contribution is 2.39. The Morgan fingerprint density at radius 2 is 2.22 bits per heavy atom. The van der Waals surface area contributed by atoms with E-state index < -0.39 is 0 Å². The first kappa shape index (κ1) is 12.4. The van der Waals surface area contributed by atoms with Crippen molar-refractivity contribution in [1.29, 1.82) is 0 Å². The van der Waals surface area contributed by atoms with Gasteiger partial charge in [0.05, 0.1) is 0 Å². The third-order valence-corrected chi connectivity index (χ3v) is 5.64. The molecule has 2 aromatic rings. The molecule has 0 amide bonds. The summed E-state index contributed by atoms with van der Waals surface area (Å²) >= 11 is 5.37. The van der Waals surface area contributed by atoms with E-state index in [0.717, 1.165) is 12.8 Å². The number of hydrazine groups is 1. The molecule has 1 aliphatic rings. The number of rotatable bonds is 4. The molecular weight excluding hydrogens is 308 g/mol. The summed E-state index contributed by atoms with van der Waals surface area (Å²) in [5, 5.41) is 2.11. The highest BCUT2D eigenvalue weighted by molar-refractivity contribution is 9.10. The van der Waals surface area contributed by atoms with E-state index in [4.69, 9.17) is 5.84 Å². The summed E-state index contributed by atoms with van der Waals surface area (Å²) in [5.74, 6) is 6.29. The fraction of sp³-hybridized carbons (Fsp3) is 0.286. The van der Waals surface area contributed by atoms with Gasteiger partial charge in [-0.3, -0.25) is 11.3 Å². The van der Waals surface area contributed by atoms with Crippen LogP contribution in [0.2, 0.25) is 0 Å². The summed E-state index contributed by atoms with van der Waals surface area (Å²) in [6, 6.07) is 11.1. The van der Waals surface area contributed by atoms with Gasteiger partial charge in [-0.25, -0.2) is 0 Å². The number of nitrogens with two attached hydrogens (primary N) is 1. The molecule has 0 bridgehead atoms. The molecule has 18 heavy (non-hydrogen) atoms. The van der Waals surface area contributed by atoms with Crippen LogP contribution in [0, 0.1) is 0 Å². The minimum absolute atomic E-state index is 0.315. The second-order valence-corrected chi connectivity index (χ2v) is 6.53. The topological polar surface area (TPSA) is 38.0 Å². The fourth-order valence-electron chi connectivity index (χ4n) is 2.64. The molecule has 1 aliphatic carbocycles. The normalized spacial score (nSPS) is 19.1. The van der Waals surface area contributed by atoms with Crippen molar-refractivity contribution in [2.45, 2.75) is 24.8 Å². The van der Waals surface area contributed by atoms with Crippen LogP contribution in [0.4, 0.5) is 0 Å². The van der Waals surface area contributed by atoms with Crippen LogP contribution in [0.5, 0.6) is 0 Å². The minimum atomic E-state index is 0.315. The molecule has 0 aliphatic heterocycles. The Balaban J connectivity index is 1.77. The van der Waals surface area contributed by atoms with Crippen LogP contribution in [0.1, 0.15) is 21.9 Å². The van der Waals surface area contributed by atoms with Crippen LogP contribution in [0.15, 0.2) is 40.2 Å². The molecule has 0 spiro atoms. The average molecular weight is 323 g/mol. The van der Waals surface area contributed by atoms with Gasteiger partial charge < -0.3 is 0 Å². The van der Waals surface area contributed by atoms with E-state index in [1.54, 1.807) is 11.3 Å². The zero-order valence-electron chi connectivity index (χ0n) is 9.90. The number of hydrogen-bond donors (Lipinski definition) is 2. The van der Waals surface area contributed by atoms with Gasteiger partial charge >= 0.3 is 0 Å². The molecule has 2 atom stereocenters. The van der Waals surface area contributed by atoms with E-state index >= 15 is 0 Å². The van der Waals surface area contributed by atoms with Gasteiger partial charge in [0.15, 0.2) is 0 Å². The molecule has 3 N–H and O–H groups in total. The molecule has 0 fully saturated rings. The van der Waals surface area contributed by atoms with Crippen LogP contribution in [0.3, 0.4) is 0 Å². The van der Waals surface area contributed by atoms with Crippen molar-refractivity contribution >= 4 is 27.3 Å². The monoisotopic (exact) mass is 322 g/mol. The molecule has 4 heteroatoms. The number of nitrogens with one attached hydrogen (secondary N) is 1. The summed E-state index contributed by atoms with van der Waals surface area (Å²) in [6.45, 7) is 0. The first-order valence-corrected chi connectivity index (χ1v) is 7.72. The largest absolute Gasteiger partial charge is 0.271 e. The van der Waals surface area contributed by atoms with Gasteiger partial charge in [-0.2, -0.15) is 0 Å². The summed E-state index contributed by atoms with van der Waals surface area (Å²) in [6.07, 6.45) is 2.11. The van der Waals surface area contributed by atoms with Gasteiger partial charge in [-0.05, 0) is 44.9 Å². The maximum atomic E-state index is 5.75. The standard InChI is InChI=1S/C14H15BrN2S/c15-12-5-6-18-14(12)8-13(17-16)11-7-9-3-1-2-4-10(9)11/h1-6,11,13,17H,7-8,16H2. The van der Waals surface area contributed by atoms with Crippen molar-refractivity contribution in [2.75, 3.05) is 0 Å². The molecule has 0 radical (unpaired) electrons. The van der Waals surface area contributed by atoms with Crippen LogP contribution in [0.25, 0.3) is 0 Å². The molecule has 0 saturated carbocycles. The lowest BCUT2D eigenvalue weighted by Crippen LogP contribution is -2.45. The van der Waals surface area contributed by atoms with Gasteiger partial charge in [0, 0.05) is 27.7 Å². The molecule has 94 valence electrons. The molecule has 1 heterocycles. The Morgan fingerprint density at radius 1 is 1.39 bits per heavy atom. The lowest BCUT2D eigenvalue weighted by atomic mass is 9.73. The van der Waals surface area contributed by atoms with Gasteiger partial charge in [-0.1, -0.05) is 24.3 Å². The van der Waals surface area contributed by atoms with Gasteiger partial charge in [-0.15, -0.1) is 11.3 Å². The summed E-state index contributed by atoms with van der Waals surface area (Å²) in [5.41, 5.74) is 5.91. The zero-order valence-corrected chi connectivity index (χ0v) is 12.3. The molecule has 1 aromatic carbocycles. The Bertz CT molecular complexity index is 552. The number of hydrogen-bond acceptors (Lipinski definition) is 3. The smallest absolute Gasteiger partial charge is 0.0331 e. The quantitative estimate of drug-likeness (QED) is 0.670. The second kappa shape index (κ2) is 5.13. The first-order valence-electron chi connectivity index (χ1n) is 6.05. The first-order chi connectivity index (χ1) is 8.79.